The third kappa shape index (κ3) is 2.49. The molecular weight excluding hydrogens is 294 g/mol. The van der Waals surface area contributed by atoms with Crippen molar-refractivity contribution in [3.05, 3.63) is 52.6 Å². The van der Waals surface area contributed by atoms with Crippen LogP contribution in [0, 0.1) is 0 Å². The van der Waals surface area contributed by atoms with Gasteiger partial charge in [-0.05, 0) is 24.6 Å². The molecule has 4 rings (SSSR count). The molecule has 1 saturated heterocycles. The lowest BCUT2D eigenvalue weighted by Gasteiger charge is -2.20. The summed E-state index contributed by atoms with van der Waals surface area (Å²) in [6, 6.07) is 9.28. The molecule has 0 amide bonds. The molecule has 7 heteroatoms. The number of anilines is 1. The van der Waals surface area contributed by atoms with E-state index in [9.17, 15) is 4.79 Å². The Labute approximate surface area is 132 Å². The van der Waals surface area contributed by atoms with Gasteiger partial charge in [-0.3, -0.25) is 14.5 Å². The second-order valence-corrected chi connectivity index (χ2v) is 5.64. The molecule has 1 fully saturated rings. The van der Waals surface area contributed by atoms with Gasteiger partial charge in [0.15, 0.2) is 0 Å². The van der Waals surface area contributed by atoms with Gasteiger partial charge in [0, 0.05) is 19.9 Å². The zero-order valence-electron chi connectivity index (χ0n) is 12.7. The number of aromatic nitrogens is 4. The van der Waals surface area contributed by atoms with E-state index in [1.165, 1.54) is 0 Å². The first-order valence-electron chi connectivity index (χ1n) is 7.57. The topological polar surface area (TPSA) is 84.8 Å². The molecular formula is C16H17N5O2. The number of benzene rings is 1. The van der Waals surface area contributed by atoms with E-state index in [2.05, 4.69) is 20.4 Å². The van der Waals surface area contributed by atoms with Crippen molar-refractivity contribution in [2.75, 3.05) is 11.9 Å². The Morgan fingerprint density at radius 3 is 3.04 bits per heavy atom. The van der Waals surface area contributed by atoms with E-state index in [1.807, 2.05) is 31.3 Å². The van der Waals surface area contributed by atoms with E-state index in [1.54, 1.807) is 16.9 Å². The molecule has 0 radical (unpaired) electrons. The number of aromatic amines is 1. The lowest BCUT2D eigenvalue weighted by atomic mass is 10.1. The summed E-state index contributed by atoms with van der Waals surface area (Å²) in [5.41, 5.74) is 1.53. The molecule has 23 heavy (non-hydrogen) atoms. The van der Waals surface area contributed by atoms with E-state index in [4.69, 9.17) is 4.74 Å². The average molecular weight is 311 g/mol. The van der Waals surface area contributed by atoms with Crippen molar-refractivity contribution >= 4 is 16.9 Å². The minimum atomic E-state index is -0.144. The molecule has 2 atom stereocenters. The van der Waals surface area contributed by atoms with Crippen molar-refractivity contribution in [3.8, 4) is 0 Å². The number of hydrogen-bond donors (Lipinski definition) is 2. The fourth-order valence-corrected chi connectivity index (χ4v) is 3.02. The number of nitrogens with zero attached hydrogens (tertiary/aromatic N) is 3. The van der Waals surface area contributed by atoms with Crippen LogP contribution in [-0.4, -0.2) is 32.4 Å². The summed E-state index contributed by atoms with van der Waals surface area (Å²) >= 11 is 0. The summed E-state index contributed by atoms with van der Waals surface area (Å²) in [5, 5.41) is 8.09. The molecule has 3 heterocycles. The van der Waals surface area contributed by atoms with E-state index >= 15 is 0 Å². The number of nitrogens with one attached hydrogen (secondary N) is 2. The number of aryl methyl sites for hydroxylation is 1. The number of para-hydroxylation sites is 1. The van der Waals surface area contributed by atoms with Crippen molar-refractivity contribution in [3.63, 3.8) is 0 Å². The first-order valence-corrected chi connectivity index (χ1v) is 7.57. The van der Waals surface area contributed by atoms with Gasteiger partial charge in [0.25, 0.3) is 5.56 Å². The van der Waals surface area contributed by atoms with Crippen LogP contribution in [0.2, 0.25) is 0 Å². The van der Waals surface area contributed by atoms with Gasteiger partial charge in [0.05, 0.1) is 22.6 Å². The predicted molar refractivity (Wildman–Crippen MR) is 86.3 cm³/mol. The summed E-state index contributed by atoms with van der Waals surface area (Å²) < 4.78 is 7.64. The Morgan fingerprint density at radius 2 is 2.22 bits per heavy atom. The van der Waals surface area contributed by atoms with Crippen molar-refractivity contribution in [2.24, 2.45) is 7.05 Å². The van der Waals surface area contributed by atoms with Gasteiger partial charge < -0.3 is 10.1 Å². The van der Waals surface area contributed by atoms with Crippen LogP contribution < -0.4 is 10.9 Å². The first kappa shape index (κ1) is 14.0. The summed E-state index contributed by atoms with van der Waals surface area (Å²) in [6.45, 7) is 0.658. The SMILES string of the molecule is Cn1nccc1[C@H]1OCC[C@@H]1Nc1nc2ccccc2c(=O)[nH]1. The highest BCUT2D eigenvalue weighted by Gasteiger charge is 2.32. The van der Waals surface area contributed by atoms with Gasteiger partial charge in [0.1, 0.15) is 6.10 Å². The van der Waals surface area contributed by atoms with Crippen LogP contribution in [0.15, 0.2) is 41.3 Å². The summed E-state index contributed by atoms with van der Waals surface area (Å²) in [4.78, 5) is 19.5. The van der Waals surface area contributed by atoms with E-state index in [0.717, 1.165) is 12.1 Å². The highest BCUT2D eigenvalue weighted by Crippen LogP contribution is 2.30. The Hall–Kier alpha value is -2.67. The minimum absolute atomic E-state index is 0.0368. The normalized spacial score (nSPS) is 20.9. The van der Waals surface area contributed by atoms with Gasteiger partial charge >= 0.3 is 0 Å². The molecule has 1 aliphatic heterocycles. The van der Waals surface area contributed by atoms with Crippen LogP contribution >= 0.6 is 0 Å². The standard InChI is InChI=1S/C16H17N5O2/c1-21-13(6-8-17-21)14-12(7-9-23-14)19-16-18-11-5-3-2-4-10(11)15(22)20-16/h2-6,8,12,14H,7,9H2,1H3,(H2,18,19,20,22)/t12-,14-/m0/s1. The quantitative estimate of drug-likeness (QED) is 0.767. The van der Waals surface area contributed by atoms with Crippen LogP contribution in [0.25, 0.3) is 10.9 Å². The Kier molecular flexibility index (Phi) is 3.34. The van der Waals surface area contributed by atoms with Gasteiger partial charge in [-0.1, -0.05) is 12.1 Å². The average Bonchev–Trinajstić information content (AvgIpc) is 3.16. The van der Waals surface area contributed by atoms with E-state index < -0.39 is 0 Å². The van der Waals surface area contributed by atoms with Crippen LogP contribution in [-0.2, 0) is 11.8 Å². The molecule has 0 bridgehead atoms. The molecule has 2 N–H and O–H groups in total. The molecule has 0 unspecified atom stereocenters. The maximum atomic E-state index is 12.2. The zero-order chi connectivity index (χ0) is 15.8. The smallest absolute Gasteiger partial charge is 0.260 e. The molecule has 1 aliphatic rings. The number of H-pyrrole nitrogens is 1. The molecule has 0 aliphatic carbocycles. The molecule has 118 valence electrons. The highest BCUT2D eigenvalue weighted by atomic mass is 16.5. The maximum absolute atomic E-state index is 12.2. The summed E-state index contributed by atoms with van der Waals surface area (Å²) in [5.74, 6) is 0.469. The number of rotatable bonds is 3. The minimum Gasteiger partial charge on any atom is -0.370 e. The Bertz CT molecular complexity index is 901. The van der Waals surface area contributed by atoms with Gasteiger partial charge in [-0.15, -0.1) is 0 Å². The van der Waals surface area contributed by atoms with Crippen molar-refractivity contribution in [1.29, 1.82) is 0 Å². The fourth-order valence-electron chi connectivity index (χ4n) is 3.02. The van der Waals surface area contributed by atoms with Crippen LogP contribution in [0.5, 0.6) is 0 Å². The monoisotopic (exact) mass is 311 g/mol. The second kappa shape index (κ2) is 5.51. The fraction of sp³-hybridized carbons (Fsp3) is 0.312. The second-order valence-electron chi connectivity index (χ2n) is 5.64. The number of ether oxygens (including phenoxy) is 1. The number of fused-ring (bicyclic) bond motifs is 1. The molecule has 0 spiro atoms. The Balaban J connectivity index is 1.65. The molecule has 1 aromatic carbocycles. The summed E-state index contributed by atoms with van der Waals surface area (Å²) in [7, 11) is 1.89. The lowest BCUT2D eigenvalue weighted by Crippen LogP contribution is -2.27. The maximum Gasteiger partial charge on any atom is 0.260 e. The molecule has 3 aromatic rings. The van der Waals surface area contributed by atoms with Crippen LogP contribution in [0.3, 0.4) is 0 Å². The number of hydrogen-bond acceptors (Lipinski definition) is 5. The van der Waals surface area contributed by atoms with Crippen molar-refractivity contribution < 1.29 is 4.74 Å². The lowest BCUT2D eigenvalue weighted by molar-refractivity contribution is 0.101. The largest absolute Gasteiger partial charge is 0.370 e. The van der Waals surface area contributed by atoms with Crippen molar-refractivity contribution in [2.45, 2.75) is 18.6 Å². The molecule has 7 nitrogen and oxygen atoms in total. The summed E-state index contributed by atoms with van der Waals surface area (Å²) in [6.07, 6.45) is 2.48. The third-order valence-corrected chi connectivity index (χ3v) is 4.18. The van der Waals surface area contributed by atoms with Crippen LogP contribution in [0.1, 0.15) is 18.2 Å². The highest BCUT2D eigenvalue weighted by molar-refractivity contribution is 5.78. The third-order valence-electron chi connectivity index (χ3n) is 4.18. The van der Waals surface area contributed by atoms with Crippen molar-refractivity contribution in [1.82, 2.24) is 19.7 Å². The van der Waals surface area contributed by atoms with Gasteiger partial charge in [-0.2, -0.15) is 5.10 Å². The molecule has 2 aromatic heterocycles. The van der Waals surface area contributed by atoms with E-state index in [-0.39, 0.29) is 17.7 Å². The molecule has 0 saturated carbocycles. The first-order chi connectivity index (χ1) is 11.2. The predicted octanol–water partition coefficient (Wildman–Crippen LogP) is 1.60. The van der Waals surface area contributed by atoms with E-state index in [0.29, 0.717) is 23.5 Å². The van der Waals surface area contributed by atoms with Gasteiger partial charge in [0.2, 0.25) is 5.95 Å². The van der Waals surface area contributed by atoms with Gasteiger partial charge in [-0.25, -0.2) is 4.98 Å². The zero-order valence-corrected chi connectivity index (χ0v) is 12.7. The Morgan fingerprint density at radius 1 is 1.35 bits per heavy atom. The van der Waals surface area contributed by atoms with Crippen LogP contribution in [0.4, 0.5) is 5.95 Å².